The number of primary amides is 1. The fourth-order valence-corrected chi connectivity index (χ4v) is 2.42. The van der Waals surface area contributed by atoms with Crippen molar-refractivity contribution in [1.82, 2.24) is 14.5 Å². The molecule has 0 radical (unpaired) electrons. The number of benzene rings is 1. The van der Waals surface area contributed by atoms with E-state index in [9.17, 15) is 4.79 Å². The van der Waals surface area contributed by atoms with E-state index >= 15 is 0 Å². The molecule has 3 rings (SSSR count). The monoisotopic (exact) mass is 311 g/mol. The van der Waals surface area contributed by atoms with Crippen LogP contribution >= 0.6 is 0 Å². The number of hydrogen-bond donors (Lipinski definition) is 2. The molecule has 3 N–H and O–H groups in total. The van der Waals surface area contributed by atoms with Crippen molar-refractivity contribution in [2.75, 3.05) is 12.4 Å². The quantitative estimate of drug-likeness (QED) is 0.747. The summed E-state index contributed by atoms with van der Waals surface area (Å²) in [6.45, 7) is 0.497. The van der Waals surface area contributed by atoms with E-state index in [4.69, 9.17) is 10.5 Å². The van der Waals surface area contributed by atoms with Crippen LogP contribution in [0.15, 0.2) is 36.5 Å². The molecule has 23 heavy (non-hydrogen) atoms. The maximum Gasteiger partial charge on any atom is 0.254 e. The largest absolute Gasteiger partial charge is 0.480 e. The number of aryl methyl sites for hydroxylation is 1. The lowest BCUT2D eigenvalue weighted by molar-refractivity contribution is 0.0996. The van der Waals surface area contributed by atoms with Crippen molar-refractivity contribution >= 4 is 22.6 Å². The van der Waals surface area contributed by atoms with Gasteiger partial charge in [0.15, 0.2) is 0 Å². The molecule has 0 fully saturated rings. The van der Waals surface area contributed by atoms with Gasteiger partial charge in [-0.05, 0) is 18.2 Å². The maximum absolute atomic E-state index is 11.4. The lowest BCUT2D eigenvalue weighted by atomic mass is 10.2. The number of pyridine rings is 1. The Kier molecular flexibility index (Phi) is 3.84. The summed E-state index contributed by atoms with van der Waals surface area (Å²) in [7, 11) is 3.41. The summed E-state index contributed by atoms with van der Waals surface area (Å²) in [6.07, 6.45) is 1.59. The van der Waals surface area contributed by atoms with Gasteiger partial charge in [-0.2, -0.15) is 0 Å². The number of carbonyl (C=O) groups is 1. The first-order valence-corrected chi connectivity index (χ1v) is 7.08. The minimum Gasteiger partial charge on any atom is -0.480 e. The van der Waals surface area contributed by atoms with E-state index in [1.54, 1.807) is 12.3 Å². The van der Waals surface area contributed by atoms with Gasteiger partial charge in [-0.1, -0.05) is 12.1 Å². The van der Waals surface area contributed by atoms with Crippen LogP contribution < -0.4 is 15.8 Å². The van der Waals surface area contributed by atoms with Crippen LogP contribution in [0.3, 0.4) is 0 Å². The van der Waals surface area contributed by atoms with Gasteiger partial charge in [0.05, 0.1) is 36.6 Å². The molecule has 0 unspecified atom stereocenters. The predicted molar refractivity (Wildman–Crippen MR) is 87.3 cm³/mol. The molecule has 0 aliphatic carbocycles. The predicted octanol–water partition coefficient (Wildman–Crippen LogP) is 1.69. The van der Waals surface area contributed by atoms with Gasteiger partial charge in [-0.25, -0.2) is 9.97 Å². The number of methoxy groups -OCH3 is 1. The van der Waals surface area contributed by atoms with Crippen molar-refractivity contribution in [2.24, 2.45) is 12.8 Å². The Hall–Kier alpha value is -3.09. The number of nitrogens with two attached hydrogens (primary N) is 1. The van der Waals surface area contributed by atoms with Crippen molar-refractivity contribution < 1.29 is 9.53 Å². The first-order chi connectivity index (χ1) is 11.1. The van der Waals surface area contributed by atoms with E-state index in [0.717, 1.165) is 16.9 Å². The molecule has 7 nitrogen and oxygen atoms in total. The fraction of sp³-hybridized carbons (Fsp3) is 0.188. The van der Waals surface area contributed by atoms with E-state index in [1.165, 1.54) is 7.11 Å². The number of aromatic nitrogens is 3. The summed E-state index contributed by atoms with van der Waals surface area (Å²) in [5, 5.41) is 3.20. The third kappa shape index (κ3) is 2.80. The van der Waals surface area contributed by atoms with Gasteiger partial charge < -0.3 is 20.4 Å². The van der Waals surface area contributed by atoms with Gasteiger partial charge in [0.25, 0.3) is 5.91 Å². The Morgan fingerprint density at radius 1 is 1.39 bits per heavy atom. The Balaban J connectivity index is 1.83. The number of carbonyl (C=O) groups excluding carboxylic acids is 1. The molecule has 0 spiro atoms. The number of fused-ring (bicyclic) bond motifs is 1. The van der Waals surface area contributed by atoms with Gasteiger partial charge in [-0.3, -0.25) is 4.79 Å². The van der Waals surface area contributed by atoms with E-state index in [1.807, 2.05) is 35.9 Å². The molecule has 3 aromatic rings. The SMILES string of the molecule is COc1ncc(NCc2nc3ccccc3n2C)cc1C(N)=O. The Bertz CT molecular complexity index is 872. The molecule has 0 aliphatic heterocycles. The zero-order valence-corrected chi connectivity index (χ0v) is 12.9. The number of nitrogens with zero attached hydrogens (tertiary/aromatic N) is 3. The van der Waals surface area contributed by atoms with Crippen molar-refractivity contribution in [3.05, 3.63) is 47.9 Å². The zero-order valence-electron chi connectivity index (χ0n) is 12.9. The van der Waals surface area contributed by atoms with Crippen LogP contribution in [0.2, 0.25) is 0 Å². The van der Waals surface area contributed by atoms with Gasteiger partial charge in [0.2, 0.25) is 5.88 Å². The smallest absolute Gasteiger partial charge is 0.254 e. The van der Waals surface area contributed by atoms with Gasteiger partial charge in [-0.15, -0.1) is 0 Å². The normalized spacial score (nSPS) is 10.7. The molecule has 0 saturated heterocycles. The van der Waals surface area contributed by atoms with E-state index in [-0.39, 0.29) is 11.4 Å². The minimum atomic E-state index is -0.583. The Morgan fingerprint density at radius 3 is 2.87 bits per heavy atom. The molecule has 2 aromatic heterocycles. The maximum atomic E-state index is 11.4. The second-order valence-corrected chi connectivity index (χ2v) is 5.07. The lowest BCUT2D eigenvalue weighted by Crippen LogP contribution is -2.14. The van der Waals surface area contributed by atoms with Crippen molar-refractivity contribution in [3.8, 4) is 5.88 Å². The molecular formula is C16H17N5O2. The number of imidazole rings is 1. The first-order valence-electron chi connectivity index (χ1n) is 7.08. The van der Waals surface area contributed by atoms with Crippen molar-refractivity contribution in [3.63, 3.8) is 0 Å². The highest BCUT2D eigenvalue weighted by atomic mass is 16.5. The number of hydrogen-bond acceptors (Lipinski definition) is 5. The molecule has 2 heterocycles. The Labute approximate surface area is 133 Å². The topological polar surface area (TPSA) is 95.1 Å². The average molecular weight is 311 g/mol. The van der Waals surface area contributed by atoms with Crippen LogP contribution in [-0.2, 0) is 13.6 Å². The molecular weight excluding hydrogens is 294 g/mol. The molecule has 1 amide bonds. The molecule has 118 valence electrons. The van der Waals surface area contributed by atoms with E-state index in [2.05, 4.69) is 15.3 Å². The standard InChI is InChI=1S/C16H17N5O2/c1-21-13-6-4-3-5-12(13)20-14(21)9-18-10-7-11(15(17)22)16(23-2)19-8-10/h3-8,18H,9H2,1-2H3,(H2,17,22). The third-order valence-corrected chi connectivity index (χ3v) is 3.64. The Morgan fingerprint density at radius 2 is 2.17 bits per heavy atom. The second-order valence-electron chi connectivity index (χ2n) is 5.07. The number of nitrogens with one attached hydrogen (secondary N) is 1. The summed E-state index contributed by atoms with van der Waals surface area (Å²) in [6, 6.07) is 9.55. The van der Waals surface area contributed by atoms with Crippen LogP contribution in [0.25, 0.3) is 11.0 Å². The molecule has 7 heteroatoms. The number of para-hydroxylation sites is 2. The highest BCUT2D eigenvalue weighted by Gasteiger charge is 2.12. The number of anilines is 1. The van der Waals surface area contributed by atoms with E-state index in [0.29, 0.717) is 12.2 Å². The molecule has 0 atom stereocenters. The van der Waals surface area contributed by atoms with Crippen LogP contribution in [-0.4, -0.2) is 27.6 Å². The van der Waals surface area contributed by atoms with Crippen LogP contribution in [0.4, 0.5) is 5.69 Å². The van der Waals surface area contributed by atoms with Gasteiger partial charge >= 0.3 is 0 Å². The highest BCUT2D eigenvalue weighted by Crippen LogP contribution is 2.20. The first kappa shape index (κ1) is 14.8. The zero-order chi connectivity index (χ0) is 16.4. The fourth-order valence-electron chi connectivity index (χ4n) is 2.42. The van der Waals surface area contributed by atoms with Crippen molar-refractivity contribution in [2.45, 2.75) is 6.54 Å². The number of ether oxygens (including phenoxy) is 1. The molecule has 0 saturated carbocycles. The number of amides is 1. The summed E-state index contributed by atoms with van der Waals surface area (Å²) in [5.74, 6) is 0.508. The average Bonchev–Trinajstić information content (AvgIpc) is 2.89. The summed E-state index contributed by atoms with van der Waals surface area (Å²) in [5.41, 5.74) is 8.26. The summed E-state index contributed by atoms with van der Waals surface area (Å²) >= 11 is 0. The second kappa shape index (κ2) is 5.96. The third-order valence-electron chi connectivity index (χ3n) is 3.64. The van der Waals surface area contributed by atoms with Gasteiger partial charge in [0, 0.05) is 7.05 Å². The van der Waals surface area contributed by atoms with Gasteiger partial charge in [0.1, 0.15) is 11.4 Å². The molecule has 0 aliphatic rings. The number of rotatable bonds is 5. The summed E-state index contributed by atoms with van der Waals surface area (Å²) in [4.78, 5) is 20.1. The van der Waals surface area contributed by atoms with Crippen LogP contribution in [0.5, 0.6) is 5.88 Å². The van der Waals surface area contributed by atoms with Crippen molar-refractivity contribution in [1.29, 1.82) is 0 Å². The summed E-state index contributed by atoms with van der Waals surface area (Å²) < 4.78 is 7.05. The highest BCUT2D eigenvalue weighted by molar-refractivity contribution is 5.95. The van der Waals surface area contributed by atoms with Crippen LogP contribution in [0, 0.1) is 0 Å². The lowest BCUT2D eigenvalue weighted by Gasteiger charge is -2.09. The van der Waals surface area contributed by atoms with E-state index < -0.39 is 5.91 Å². The molecule has 1 aromatic carbocycles. The van der Waals surface area contributed by atoms with Crippen LogP contribution in [0.1, 0.15) is 16.2 Å². The minimum absolute atomic E-state index is 0.214. The molecule has 0 bridgehead atoms.